The molecule has 10 aromatic rings. The molecule has 48 heavy (non-hydrogen) atoms. The monoisotopic (exact) mass is 613 g/mol. The molecule has 0 amide bonds. The number of benzene rings is 7. The van der Waals surface area contributed by atoms with Crippen LogP contribution in [-0.4, -0.2) is 14.5 Å². The molecule has 0 fully saturated rings. The van der Waals surface area contributed by atoms with Crippen LogP contribution in [0.5, 0.6) is 0 Å². The summed E-state index contributed by atoms with van der Waals surface area (Å²) in [6, 6.07) is 55.5. The van der Waals surface area contributed by atoms with E-state index in [9.17, 15) is 0 Å². The number of hydrogen-bond donors (Lipinski definition) is 0. The number of pyridine rings is 1. The van der Waals surface area contributed by atoms with Gasteiger partial charge in [-0.3, -0.25) is 4.98 Å². The minimum atomic E-state index is 0.581. The molecule has 0 aliphatic rings. The van der Waals surface area contributed by atoms with Crippen molar-refractivity contribution in [2.75, 3.05) is 0 Å². The van der Waals surface area contributed by atoms with Crippen LogP contribution in [0.3, 0.4) is 0 Å². The molecule has 0 saturated heterocycles. The highest BCUT2D eigenvalue weighted by molar-refractivity contribution is 6.12. The average molecular weight is 614 g/mol. The highest BCUT2D eigenvalue weighted by Gasteiger charge is 2.19. The SMILES string of the molecule is c1ccc(-c2cccc3ccc4oc(-c5cc(-c6cccc7ccccc67)cc(-n6c7ccccc7c7ccccc76)c5)nc4c23)nc1. The third kappa shape index (κ3) is 4.10. The summed E-state index contributed by atoms with van der Waals surface area (Å²) in [5, 5.41) is 6.99. The van der Waals surface area contributed by atoms with E-state index in [2.05, 4.69) is 143 Å². The molecule has 7 aromatic carbocycles. The summed E-state index contributed by atoms with van der Waals surface area (Å²) in [5.74, 6) is 0.581. The van der Waals surface area contributed by atoms with Crippen molar-refractivity contribution < 1.29 is 4.42 Å². The predicted octanol–water partition coefficient (Wildman–Crippen LogP) is 11.6. The average Bonchev–Trinajstić information content (AvgIpc) is 3.75. The van der Waals surface area contributed by atoms with Crippen LogP contribution in [-0.2, 0) is 0 Å². The molecule has 3 aromatic heterocycles. The predicted molar refractivity (Wildman–Crippen MR) is 197 cm³/mol. The molecule has 224 valence electrons. The van der Waals surface area contributed by atoms with E-state index < -0.39 is 0 Å². The molecule has 3 heterocycles. The van der Waals surface area contributed by atoms with Crippen molar-refractivity contribution in [1.82, 2.24) is 14.5 Å². The van der Waals surface area contributed by atoms with E-state index in [1.807, 2.05) is 30.5 Å². The Morgan fingerprint density at radius 3 is 1.96 bits per heavy atom. The van der Waals surface area contributed by atoms with Gasteiger partial charge >= 0.3 is 0 Å². The highest BCUT2D eigenvalue weighted by Crippen LogP contribution is 2.40. The van der Waals surface area contributed by atoms with Gasteiger partial charge in [0.15, 0.2) is 5.58 Å². The molecule has 0 aliphatic carbocycles. The van der Waals surface area contributed by atoms with Gasteiger partial charge in [0.25, 0.3) is 0 Å². The van der Waals surface area contributed by atoms with Crippen molar-refractivity contribution >= 4 is 54.5 Å². The third-order valence-corrected chi connectivity index (χ3v) is 9.45. The summed E-state index contributed by atoms with van der Waals surface area (Å²) in [6.07, 6.45) is 1.83. The second-order valence-corrected chi connectivity index (χ2v) is 12.2. The van der Waals surface area contributed by atoms with Crippen LogP contribution in [0.4, 0.5) is 0 Å². The molecule has 0 aliphatic heterocycles. The van der Waals surface area contributed by atoms with Crippen molar-refractivity contribution in [3.63, 3.8) is 0 Å². The number of para-hydroxylation sites is 2. The van der Waals surface area contributed by atoms with E-state index in [4.69, 9.17) is 9.40 Å². The van der Waals surface area contributed by atoms with E-state index in [1.54, 1.807) is 0 Å². The molecule has 0 unspecified atom stereocenters. The Labute approximate surface area is 276 Å². The van der Waals surface area contributed by atoms with E-state index in [0.29, 0.717) is 5.89 Å². The molecule has 0 atom stereocenters. The molecule has 4 nitrogen and oxygen atoms in total. The van der Waals surface area contributed by atoms with Gasteiger partial charge in [-0.25, -0.2) is 4.98 Å². The maximum absolute atomic E-state index is 6.64. The zero-order valence-electron chi connectivity index (χ0n) is 25.8. The standard InChI is InChI=1S/C44H27N3O/c1-2-14-33-28(11-1)12-9-17-34(33)30-25-31(27-32(26-30)47-39-20-5-3-15-35(39)36-16-4-6-21-40(36)47)44-46-43-41(48-44)23-22-29-13-10-18-37(42(29)43)38-19-7-8-24-45-38/h1-27H. The fraction of sp³-hybridized carbons (Fsp3) is 0. The summed E-state index contributed by atoms with van der Waals surface area (Å²) < 4.78 is 9.00. The maximum Gasteiger partial charge on any atom is 0.227 e. The molecular weight excluding hydrogens is 587 g/mol. The topological polar surface area (TPSA) is 43.9 Å². The lowest BCUT2D eigenvalue weighted by atomic mass is 9.96. The normalized spacial score (nSPS) is 11.8. The molecule has 0 radical (unpaired) electrons. The van der Waals surface area contributed by atoms with Crippen molar-refractivity contribution in [2.24, 2.45) is 0 Å². The fourth-order valence-corrected chi connectivity index (χ4v) is 7.32. The largest absolute Gasteiger partial charge is 0.436 e. The Balaban J connectivity index is 1.27. The number of fused-ring (bicyclic) bond motifs is 7. The van der Waals surface area contributed by atoms with Gasteiger partial charge in [0.1, 0.15) is 5.52 Å². The Morgan fingerprint density at radius 1 is 0.500 bits per heavy atom. The number of nitrogens with zero attached hydrogens (tertiary/aromatic N) is 3. The second-order valence-electron chi connectivity index (χ2n) is 12.2. The van der Waals surface area contributed by atoms with E-state index in [0.717, 1.165) is 66.5 Å². The highest BCUT2D eigenvalue weighted by atomic mass is 16.3. The Morgan fingerprint density at radius 2 is 1.17 bits per heavy atom. The Hall–Kier alpha value is -6.52. The zero-order valence-corrected chi connectivity index (χ0v) is 25.8. The van der Waals surface area contributed by atoms with Crippen LogP contribution in [0, 0.1) is 0 Å². The van der Waals surface area contributed by atoms with Crippen molar-refractivity contribution in [1.29, 1.82) is 0 Å². The summed E-state index contributed by atoms with van der Waals surface area (Å²) in [5.41, 5.74) is 10.1. The van der Waals surface area contributed by atoms with E-state index in [1.165, 1.54) is 21.5 Å². The Kier molecular flexibility index (Phi) is 5.84. The zero-order chi connectivity index (χ0) is 31.6. The van der Waals surface area contributed by atoms with Gasteiger partial charge < -0.3 is 8.98 Å². The van der Waals surface area contributed by atoms with Crippen LogP contribution in [0.2, 0.25) is 0 Å². The minimum absolute atomic E-state index is 0.581. The quantitative estimate of drug-likeness (QED) is 0.198. The van der Waals surface area contributed by atoms with Crippen molar-refractivity contribution in [2.45, 2.75) is 0 Å². The van der Waals surface area contributed by atoms with E-state index >= 15 is 0 Å². The Bertz CT molecular complexity index is 2790. The van der Waals surface area contributed by atoms with Gasteiger partial charge in [0.2, 0.25) is 5.89 Å². The number of oxazole rings is 1. The lowest BCUT2D eigenvalue weighted by Crippen LogP contribution is -1.96. The molecule has 0 N–H and O–H groups in total. The first-order chi connectivity index (χ1) is 23.8. The van der Waals surface area contributed by atoms with Crippen LogP contribution in [0.1, 0.15) is 0 Å². The summed E-state index contributed by atoms with van der Waals surface area (Å²) in [6.45, 7) is 0. The second kappa shape index (κ2) is 10.5. The molecule has 0 saturated carbocycles. The van der Waals surface area contributed by atoms with Gasteiger partial charge in [0, 0.05) is 39.2 Å². The molecule has 0 spiro atoms. The molecule has 0 bridgehead atoms. The van der Waals surface area contributed by atoms with Gasteiger partial charge in [0.05, 0.1) is 16.7 Å². The van der Waals surface area contributed by atoms with Gasteiger partial charge in [-0.05, 0) is 75.8 Å². The smallest absolute Gasteiger partial charge is 0.227 e. The maximum atomic E-state index is 6.64. The minimum Gasteiger partial charge on any atom is -0.436 e. The first-order valence-electron chi connectivity index (χ1n) is 16.2. The van der Waals surface area contributed by atoms with Gasteiger partial charge in [-0.15, -0.1) is 0 Å². The summed E-state index contributed by atoms with van der Waals surface area (Å²) in [7, 11) is 0. The molecule has 10 rings (SSSR count). The van der Waals surface area contributed by atoms with Crippen LogP contribution in [0.15, 0.2) is 168 Å². The van der Waals surface area contributed by atoms with E-state index in [-0.39, 0.29) is 0 Å². The summed E-state index contributed by atoms with van der Waals surface area (Å²) in [4.78, 5) is 9.91. The lowest BCUT2D eigenvalue weighted by molar-refractivity contribution is 0.620. The third-order valence-electron chi connectivity index (χ3n) is 9.45. The van der Waals surface area contributed by atoms with Crippen LogP contribution >= 0.6 is 0 Å². The summed E-state index contributed by atoms with van der Waals surface area (Å²) >= 11 is 0. The molecule has 4 heteroatoms. The number of hydrogen-bond acceptors (Lipinski definition) is 3. The van der Waals surface area contributed by atoms with Crippen LogP contribution < -0.4 is 0 Å². The van der Waals surface area contributed by atoms with Gasteiger partial charge in [-0.1, -0.05) is 109 Å². The van der Waals surface area contributed by atoms with Crippen molar-refractivity contribution in [3.05, 3.63) is 164 Å². The fourth-order valence-electron chi connectivity index (χ4n) is 7.32. The lowest BCUT2D eigenvalue weighted by Gasteiger charge is -2.14. The number of rotatable bonds is 4. The first kappa shape index (κ1) is 26.7. The van der Waals surface area contributed by atoms with Crippen molar-refractivity contribution in [3.8, 4) is 39.5 Å². The molecular formula is C44H27N3O. The van der Waals surface area contributed by atoms with Gasteiger partial charge in [-0.2, -0.15) is 0 Å². The number of aromatic nitrogens is 3. The van der Waals surface area contributed by atoms with Crippen LogP contribution in [0.25, 0.3) is 94.0 Å². The first-order valence-corrected chi connectivity index (χ1v) is 16.2.